The smallest absolute Gasteiger partial charge is 0.251 e. The molecular formula is C18H19N5O4. The molecule has 0 aliphatic carbocycles. The molecule has 27 heavy (non-hydrogen) atoms. The van der Waals surface area contributed by atoms with Gasteiger partial charge in [-0.3, -0.25) is 4.79 Å². The number of nitrogens with one attached hydrogen (secondary N) is 1. The number of aromatic nitrogens is 4. The average molecular weight is 369 g/mol. The van der Waals surface area contributed by atoms with E-state index in [-0.39, 0.29) is 12.5 Å². The normalized spacial score (nSPS) is 10.3. The van der Waals surface area contributed by atoms with Gasteiger partial charge in [-0.1, -0.05) is 0 Å². The van der Waals surface area contributed by atoms with Crippen molar-refractivity contribution in [1.82, 2.24) is 25.5 Å². The Bertz CT molecular complexity index is 910. The van der Waals surface area contributed by atoms with Gasteiger partial charge in [0.2, 0.25) is 0 Å². The Morgan fingerprint density at radius 3 is 2.26 bits per heavy atom. The van der Waals surface area contributed by atoms with Crippen molar-refractivity contribution in [2.75, 3.05) is 21.3 Å². The molecule has 2 aromatic carbocycles. The summed E-state index contributed by atoms with van der Waals surface area (Å²) in [6.07, 6.45) is 1.48. The van der Waals surface area contributed by atoms with E-state index in [9.17, 15) is 4.79 Å². The van der Waals surface area contributed by atoms with Gasteiger partial charge in [-0.2, -0.15) is 0 Å². The van der Waals surface area contributed by atoms with Crippen LogP contribution in [0.25, 0.3) is 5.69 Å². The molecular weight excluding hydrogens is 350 g/mol. The van der Waals surface area contributed by atoms with E-state index in [1.165, 1.54) is 11.0 Å². The van der Waals surface area contributed by atoms with Crippen LogP contribution in [0.3, 0.4) is 0 Å². The first kappa shape index (κ1) is 18.2. The van der Waals surface area contributed by atoms with E-state index in [1.807, 2.05) is 0 Å². The van der Waals surface area contributed by atoms with Crippen molar-refractivity contribution < 1.29 is 19.0 Å². The first-order valence-electron chi connectivity index (χ1n) is 8.06. The van der Waals surface area contributed by atoms with Gasteiger partial charge >= 0.3 is 0 Å². The number of tetrazole rings is 1. The molecule has 0 fully saturated rings. The molecule has 0 spiro atoms. The van der Waals surface area contributed by atoms with Crippen LogP contribution in [0.5, 0.6) is 17.2 Å². The monoisotopic (exact) mass is 369 g/mol. The van der Waals surface area contributed by atoms with E-state index in [0.717, 1.165) is 11.3 Å². The second-order valence-corrected chi connectivity index (χ2v) is 5.50. The second kappa shape index (κ2) is 8.17. The summed E-state index contributed by atoms with van der Waals surface area (Å²) >= 11 is 0. The van der Waals surface area contributed by atoms with E-state index in [0.29, 0.717) is 22.8 Å². The maximum absolute atomic E-state index is 12.4. The van der Waals surface area contributed by atoms with Gasteiger partial charge in [0.1, 0.15) is 12.1 Å². The minimum absolute atomic E-state index is 0.213. The Morgan fingerprint density at radius 1 is 1.00 bits per heavy atom. The minimum Gasteiger partial charge on any atom is -0.496 e. The molecule has 140 valence electrons. The molecule has 1 N–H and O–H groups in total. The standard InChI is InChI=1S/C18H19N5O4/c1-25-15-9-17(27-3)16(26-2)8-13(15)10-19-18(24)12-4-6-14(7-5-12)23-11-20-21-22-23/h4-9,11H,10H2,1-3H3,(H,19,24). The predicted molar refractivity (Wildman–Crippen MR) is 96.4 cm³/mol. The first-order valence-corrected chi connectivity index (χ1v) is 8.06. The Balaban J connectivity index is 1.72. The summed E-state index contributed by atoms with van der Waals surface area (Å²) in [4.78, 5) is 12.4. The summed E-state index contributed by atoms with van der Waals surface area (Å²) in [5, 5.41) is 13.8. The lowest BCUT2D eigenvalue weighted by atomic mass is 10.1. The lowest BCUT2D eigenvalue weighted by Gasteiger charge is -2.14. The van der Waals surface area contributed by atoms with Crippen LogP contribution in [0, 0.1) is 0 Å². The van der Waals surface area contributed by atoms with Crippen LogP contribution in [0.4, 0.5) is 0 Å². The Morgan fingerprint density at radius 2 is 1.67 bits per heavy atom. The molecule has 3 aromatic rings. The molecule has 3 rings (SSSR count). The third kappa shape index (κ3) is 3.97. The van der Waals surface area contributed by atoms with E-state index in [2.05, 4.69) is 20.8 Å². The highest BCUT2D eigenvalue weighted by Crippen LogP contribution is 2.34. The van der Waals surface area contributed by atoms with Gasteiger partial charge in [-0.25, -0.2) is 4.68 Å². The highest BCUT2D eigenvalue weighted by atomic mass is 16.5. The van der Waals surface area contributed by atoms with Gasteiger partial charge in [0.25, 0.3) is 5.91 Å². The fourth-order valence-corrected chi connectivity index (χ4v) is 2.55. The SMILES string of the molecule is COc1cc(OC)c(OC)cc1CNC(=O)c1ccc(-n2cnnn2)cc1. The Labute approximate surface area is 155 Å². The molecule has 1 aromatic heterocycles. The number of nitrogens with zero attached hydrogens (tertiary/aromatic N) is 4. The van der Waals surface area contributed by atoms with Crippen LogP contribution in [0.2, 0.25) is 0 Å². The highest BCUT2D eigenvalue weighted by Gasteiger charge is 2.13. The van der Waals surface area contributed by atoms with Crippen LogP contribution in [-0.2, 0) is 6.54 Å². The van der Waals surface area contributed by atoms with Crippen LogP contribution < -0.4 is 19.5 Å². The minimum atomic E-state index is -0.213. The molecule has 0 saturated carbocycles. The van der Waals surface area contributed by atoms with Crippen LogP contribution >= 0.6 is 0 Å². The van der Waals surface area contributed by atoms with Crippen molar-refractivity contribution in [2.45, 2.75) is 6.54 Å². The zero-order chi connectivity index (χ0) is 19.2. The Kier molecular flexibility index (Phi) is 5.50. The molecule has 1 amide bonds. The predicted octanol–water partition coefficient (Wildman–Crippen LogP) is 1.62. The number of methoxy groups -OCH3 is 3. The zero-order valence-corrected chi connectivity index (χ0v) is 15.2. The highest BCUT2D eigenvalue weighted by molar-refractivity contribution is 5.94. The fraction of sp³-hybridized carbons (Fsp3) is 0.222. The van der Waals surface area contributed by atoms with Gasteiger partial charge in [-0.05, 0) is 40.8 Å². The van der Waals surface area contributed by atoms with Crippen LogP contribution in [0.15, 0.2) is 42.7 Å². The molecule has 0 radical (unpaired) electrons. The number of rotatable bonds is 7. The summed E-state index contributed by atoms with van der Waals surface area (Å²) in [5.74, 6) is 1.51. The van der Waals surface area contributed by atoms with Crippen molar-refractivity contribution >= 4 is 5.91 Å². The van der Waals surface area contributed by atoms with E-state index in [4.69, 9.17) is 14.2 Å². The molecule has 1 heterocycles. The van der Waals surface area contributed by atoms with Crippen LogP contribution in [0.1, 0.15) is 15.9 Å². The largest absolute Gasteiger partial charge is 0.496 e. The average Bonchev–Trinajstić information content (AvgIpc) is 3.26. The van der Waals surface area contributed by atoms with Gasteiger partial charge in [0.05, 0.1) is 27.0 Å². The molecule has 9 nitrogen and oxygen atoms in total. The molecule has 0 bridgehead atoms. The maximum Gasteiger partial charge on any atom is 0.251 e. The van der Waals surface area contributed by atoms with E-state index >= 15 is 0 Å². The summed E-state index contributed by atoms with van der Waals surface area (Å²) in [5.41, 5.74) is 2.05. The first-order chi connectivity index (χ1) is 13.2. The third-order valence-electron chi connectivity index (χ3n) is 3.97. The number of carbonyl (C=O) groups is 1. The van der Waals surface area contributed by atoms with Crippen molar-refractivity contribution in [3.05, 3.63) is 53.9 Å². The lowest BCUT2D eigenvalue weighted by molar-refractivity contribution is 0.0950. The molecule has 9 heteroatoms. The molecule has 0 atom stereocenters. The van der Waals surface area contributed by atoms with Crippen molar-refractivity contribution in [1.29, 1.82) is 0 Å². The van der Waals surface area contributed by atoms with Crippen molar-refractivity contribution in [2.24, 2.45) is 0 Å². The number of amides is 1. The summed E-state index contributed by atoms with van der Waals surface area (Å²) in [6, 6.07) is 10.4. The molecule has 0 aliphatic rings. The number of hydrogen-bond acceptors (Lipinski definition) is 7. The van der Waals surface area contributed by atoms with Gasteiger partial charge in [-0.15, -0.1) is 5.10 Å². The van der Waals surface area contributed by atoms with Crippen molar-refractivity contribution in [3.8, 4) is 22.9 Å². The lowest BCUT2D eigenvalue weighted by Crippen LogP contribution is -2.23. The molecule has 0 saturated heterocycles. The summed E-state index contributed by atoms with van der Waals surface area (Å²) in [6.45, 7) is 0.275. The quantitative estimate of drug-likeness (QED) is 0.675. The van der Waals surface area contributed by atoms with Crippen LogP contribution in [-0.4, -0.2) is 47.4 Å². The number of hydrogen-bond donors (Lipinski definition) is 1. The fourth-order valence-electron chi connectivity index (χ4n) is 2.55. The molecule has 0 unspecified atom stereocenters. The van der Waals surface area contributed by atoms with Gasteiger partial charge in [0, 0.05) is 23.7 Å². The number of benzene rings is 2. The zero-order valence-electron chi connectivity index (χ0n) is 15.2. The number of carbonyl (C=O) groups excluding carboxylic acids is 1. The van der Waals surface area contributed by atoms with Crippen molar-refractivity contribution in [3.63, 3.8) is 0 Å². The number of ether oxygens (including phenoxy) is 3. The Hall–Kier alpha value is -3.62. The maximum atomic E-state index is 12.4. The summed E-state index contributed by atoms with van der Waals surface area (Å²) in [7, 11) is 4.67. The van der Waals surface area contributed by atoms with E-state index < -0.39 is 0 Å². The van der Waals surface area contributed by atoms with Gasteiger partial charge in [0.15, 0.2) is 11.5 Å². The molecule has 0 aliphatic heterocycles. The van der Waals surface area contributed by atoms with Gasteiger partial charge < -0.3 is 19.5 Å². The second-order valence-electron chi connectivity index (χ2n) is 5.50. The summed E-state index contributed by atoms with van der Waals surface area (Å²) < 4.78 is 17.5. The topological polar surface area (TPSA) is 100 Å². The third-order valence-corrected chi connectivity index (χ3v) is 3.97. The van der Waals surface area contributed by atoms with E-state index in [1.54, 1.807) is 57.7 Å².